The molecule has 1 aliphatic heterocycles. The van der Waals surface area contributed by atoms with Crippen LogP contribution in [0.25, 0.3) is 0 Å². The number of aromatic nitrogens is 1. The number of nitrogens with one attached hydrogen (secondary N) is 1. The van der Waals surface area contributed by atoms with Gasteiger partial charge < -0.3 is 10.2 Å². The number of urea groups is 1. The largest absolute Gasteiger partial charge is 0.338 e. The van der Waals surface area contributed by atoms with Crippen molar-refractivity contribution in [1.82, 2.24) is 15.2 Å². The topological polar surface area (TPSA) is 65.5 Å². The molecule has 1 aromatic carbocycles. The van der Waals surface area contributed by atoms with Gasteiger partial charge in [0.1, 0.15) is 0 Å². The average molecular weight is 370 g/mol. The van der Waals surface area contributed by atoms with Crippen LogP contribution in [0.3, 0.4) is 0 Å². The lowest BCUT2D eigenvalue weighted by atomic mass is 10.1. The molecule has 26 heavy (non-hydrogen) atoms. The average Bonchev–Trinajstić information content (AvgIpc) is 3.28. The van der Waals surface area contributed by atoms with Crippen molar-refractivity contribution in [2.24, 2.45) is 0 Å². The van der Waals surface area contributed by atoms with Crippen molar-refractivity contribution in [3.05, 3.63) is 59.6 Å². The maximum Gasteiger partial charge on any atom is 0.323 e. The molecule has 0 aliphatic carbocycles. The fraction of sp³-hybridized carbons (Fsp3) is 0.316. The smallest absolute Gasteiger partial charge is 0.323 e. The first kappa shape index (κ1) is 18.1. The molecule has 136 valence electrons. The Labute approximate surface area is 157 Å². The zero-order valence-corrected chi connectivity index (χ0v) is 15.4. The molecule has 7 heteroatoms. The molecule has 3 rings (SSSR count). The number of hydrogen-bond donors (Lipinski definition) is 1. The third-order valence-electron chi connectivity index (χ3n) is 4.18. The number of benzene rings is 1. The Bertz CT molecular complexity index is 775. The molecule has 0 unspecified atom stereocenters. The SMILES string of the molecule is C=CCN(CCc1ccccc1)C(=O)Cc1csc(N2CCNC2=O)n1. The van der Waals surface area contributed by atoms with Gasteiger partial charge in [-0.2, -0.15) is 0 Å². The number of amides is 3. The molecule has 1 fully saturated rings. The summed E-state index contributed by atoms with van der Waals surface area (Å²) in [6, 6.07) is 9.97. The van der Waals surface area contributed by atoms with Crippen LogP contribution in [-0.4, -0.2) is 48.0 Å². The van der Waals surface area contributed by atoms with Crippen LogP contribution in [-0.2, 0) is 17.6 Å². The minimum atomic E-state index is -0.131. The lowest BCUT2D eigenvalue weighted by Crippen LogP contribution is -2.34. The monoisotopic (exact) mass is 370 g/mol. The van der Waals surface area contributed by atoms with E-state index in [9.17, 15) is 9.59 Å². The predicted molar refractivity (Wildman–Crippen MR) is 103 cm³/mol. The molecule has 0 atom stereocenters. The first-order chi connectivity index (χ1) is 12.7. The van der Waals surface area contributed by atoms with Crippen LogP contribution in [0.5, 0.6) is 0 Å². The molecule has 1 N–H and O–H groups in total. The minimum Gasteiger partial charge on any atom is -0.338 e. The highest BCUT2D eigenvalue weighted by atomic mass is 32.1. The highest BCUT2D eigenvalue weighted by Gasteiger charge is 2.24. The van der Waals surface area contributed by atoms with Crippen LogP contribution >= 0.6 is 11.3 Å². The van der Waals surface area contributed by atoms with Gasteiger partial charge in [0, 0.05) is 31.6 Å². The molecule has 1 aromatic heterocycles. The summed E-state index contributed by atoms with van der Waals surface area (Å²) in [7, 11) is 0. The van der Waals surface area contributed by atoms with Crippen LogP contribution in [0.2, 0.25) is 0 Å². The lowest BCUT2D eigenvalue weighted by Gasteiger charge is -2.21. The summed E-state index contributed by atoms with van der Waals surface area (Å²) < 4.78 is 0. The van der Waals surface area contributed by atoms with E-state index in [1.165, 1.54) is 16.9 Å². The van der Waals surface area contributed by atoms with E-state index in [0.717, 1.165) is 6.42 Å². The number of hydrogen-bond acceptors (Lipinski definition) is 4. The van der Waals surface area contributed by atoms with E-state index in [1.54, 1.807) is 15.9 Å². The van der Waals surface area contributed by atoms with E-state index in [4.69, 9.17) is 0 Å². The summed E-state index contributed by atoms with van der Waals surface area (Å²) in [5, 5.41) is 5.24. The second kappa shape index (κ2) is 8.62. The number of nitrogens with zero attached hydrogens (tertiary/aromatic N) is 3. The van der Waals surface area contributed by atoms with Gasteiger partial charge in [0.25, 0.3) is 0 Å². The summed E-state index contributed by atoms with van der Waals surface area (Å²) in [5.41, 5.74) is 1.90. The van der Waals surface area contributed by atoms with Crippen LogP contribution in [0.1, 0.15) is 11.3 Å². The first-order valence-electron chi connectivity index (χ1n) is 8.59. The molecule has 1 saturated heterocycles. The van der Waals surface area contributed by atoms with Crippen molar-refractivity contribution in [2.45, 2.75) is 12.8 Å². The zero-order chi connectivity index (χ0) is 18.4. The quantitative estimate of drug-likeness (QED) is 0.726. The van der Waals surface area contributed by atoms with Crippen LogP contribution in [0.4, 0.5) is 9.93 Å². The minimum absolute atomic E-state index is 0.0172. The van der Waals surface area contributed by atoms with Crippen LogP contribution in [0.15, 0.2) is 48.4 Å². The van der Waals surface area contributed by atoms with Gasteiger partial charge in [-0.1, -0.05) is 36.4 Å². The van der Waals surface area contributed by atoms with Crippen molar-refractivity contribution in [1.29, 1.82) is 0 Å². The first-order valence-corrected chi connectivity index (χ1v) is 9.47. The summed E-state index contributed by atoms with van der Waals surface area (Å²) in [5.74, 6) is 0.0172. The van der Waals surface area contributed by atoms with E-state index in [0.29, 0.717) is 37.0 Å². The van der Waals surface area contributed by atoms with Gasteiger partial charge in [0.15, 0.2) is 5.13 Å². The Morgan fingerprint density at radius 3 is 2.88 bits per heavy atom. The fourth-order valence-corrected chi connectivity index (χ4v) is 3.65. The molecule has 0 bridgehead atoms. The Hall–Kier alpha value is -2.67. The summed E-state index contributed by atoms with van der Waals surface area (Å²) >= 11 is 1.39. The normalized spacial score (nSPS) is 13.5. The third-order valence-corrected chi connectivity index (χ3v) is 5.09. The van der Waals surface area contributed by atoms with E-state index in [-0.39, 0.29) is 18.4 Å². The van der Waals surface area contributed by atoms with Crippen molar-refractivity contribution in [3.8, 4) is 0 Å². The van der Waals surface area contributed by atoms with Crippen molar-refractivity contribution < 1.29 is 9.59 Å². The number of carbonyl (C=O) groups excluding carboxylic acids is 2. The zero-order valence-electron chi connectivity index (χ0n) is 14.6. The standard InChI is InChI=1S/C19H22N4O2S/c1-2-10-22(11-8-15-6-4-3-5-7-15)17(24)13-16-14-26-19(21-16)23-12-9-20-18(23)25/h2-7,14H,1,8-13H2,(H,20,25). The molecule has 6 nitrogen and oxygen atoms in total. The number of carbonyl (C=O) groups is 2. The van der Waals surface area contributed by atoms with Gasteiger partial charge in [-0.25, -0.2) is 9.78 Å². The van der Waals surface area contributed by atoms with E-state index in [1.807, 2.05) is 23.6 Å². The molecule has 2 heterocycles. The predicted octanol–water partition coefficient (Wildman–Crippen LogP) is 2.47. The second-order valence-corrected chi connectivity index (χ2v) is 6.88. The van der Waals surface area contributed by atoms with Crippen LogP contribution < -0.4 is 10.2 Å². The second-order valence-electron chi connectivity index (χ2n) is 6.05. The fourth-order valence-electron chi connectivity index (χ4n) is 2.80. The Morgan fingerprint density at radius 1 is 1.38 bits per heavy atom. The summed E-state index contributed by atoms with van der Waals surface area (Å²) in [6.07, 6.45) is 2.77. The number of anilines is 1. The van der Waals surface area contributed by atoms with Crippen molar-refractivity contribution >= 4 is 28.4 Å². The molecule has 0 saturated carbocycles. The lowest BCUT2D eigenvalue weighted by molar-refractivity contribution is -0.130. The maximum absolute atomic E-state index is 12.7. The molecule has 0 radical (unpaired) electrons. The Kier molecular flexibility index (Phi) is 6.01. The molecule has 2 aromatic rings. The van der Waals surface area contributed by atoms with E-state index < -0.39 is 0 Å². The van der Waals surface area contributed by atoms with Crippen molar-refractivity contribution in [3.63, 3.8) is 0 Å². The van der Waals surface area contributed by atoms with E-state index in [2.05, 4.69) is 29.0 Å². The number of thiazole rings is 1. The van der Waals surface area contributed by atoms with Gasteiger partial charge in [0.05, 0.1) is 12.1 Å². The highest BCUT2D eigenvalue weighted by Crippen LogP contribution is 2.22. The molecular weight excluding hydrogens is 348 g/mol. The maximum atomic E-state index is 12.7. The molecule has 3 amide bonds. The molecular formula is C19H22N4O2S. The van der Waals surface area contributed by atoms with Gasteiger partial charge >= 0.3 is 6.03 Å². The van der Waals surface area contributed by atoms with Gasteiger partial charge in [0.2, 0.25) is 5.91 Å². The Balaban J connectivity index is 1.59. The van der Waals surface area contributed by atoms with Gasteiger partial charge in [-0.05, 0) is 12.0 Å². The van der Waals surface area contributed by atoms with E-state index >= 15 is 0 Å². The molecule has 0 spiro atoms. The van der Waals surface area contributed by atoms with Gasteiger partial charge in [-0.3, -0.25) is 9.69 Å². The third kappa shape index (κ3) is 4.49. The highest BCUT2D eigenvalue weighted by molar-refractivity contribution is 7.14. The Morgan fingerprint density at radius 2 is 2.19 bits per heavy atom. The van der Waals surface area contributed by atoms with Crippen molar-refractivity contribution in [2.75, 3.05) is 31.1 Å². The molecule has 1 aliphatic rings. The summed E-state index contributed by atoms with van der Waals surface area (Å²) in [6.45, 7) is 6.14. The van der Waals surface area contributed by atoms with Crippen LogP contribution in [0, 0.1) is 0 Å². The van der Waals surface area contributed by atoms with Gasteiger partial charge in [-0.15, -0.1) is 17.9 Å². The number of rotatable bonds is 8. The summed E-state index contributed by atoms with van der Waals surface area (Å²) in [4.78, 5) is 32.2.